The number of benzene rings is 3. The van der Waals surface area contributed by atoms with Crippen LogP contribution in [-0.4, -0.2) is 35.6 Å². The molecule has 6 nitrogen and oxygen atoms in total. The lowest BCUT2D eigenvalue weighted by Crippen LogP contribution is -2.36. The fraction of sp³-hybridized carbons (Fsp3) is 0.0870. The van der Waals surface area contributed by atoms with Gasteiger partial charge >= 0.3 is 0 Å². The van der Waals surface area contributed by atoms with Gasteiger partial charge in [0.15, 0.2) is 0 Å². The monoisotopic (exact) mass is 454 g/mol. The van der Waals surface area contributed by atoms with Gasteiger partial charge in [0.05, 0.1) is 17.7 Å². The zero-order valence-corrected chi connectivity index (χ0v) is 17.5. The Morgan fingerprint density at radius 1 is 1.09 bits per heavy atom. The van der Waals surface area contributed by atoms with Gasteiger partial charge in [-0.15, -0.1) is 0 Å². The van der Waals surface area contributed by atoms with Gasteiger partial charge in [0.1, 0.15) is 23.9 Å². The number of nitrogens with one attached hydrogen (secondary N) is 1. The van der Waals surface area contributed by atoms with Crippen molar-refractivity contribution >= 4 is 51.4 Å². The van der Waals surface area contributed by atoms with Crippen LogP contribution in [0.4, 0.5) is 19.3 Å². The molecule has 32 heavy (non-hydrogen) atoms. The van der Waals surface area contributed by atoms with Crippen molar-refractivity contribution < 1.29 is 27.9 Å². The summed E-state index contributed by atoms with van der Waals surface area (Å²) in [6, 6.07) is 13.7. The zero-order chi connectivity index (χ0) is 22.8. The maximum atomic E-state index is 13.7. The molecule has 9 heteroatoms. The highest BCUT2D eigenvalue weighted by atomic mass is 32.2. The number of methoxy groups -OCH3 is 1. The number of carbonyl (C=O) groups excluding carboxylic acids is 3. The van der Waals surface area contributed by atoms with E-state index in [1.807, 2.05) is 24.3 Å². The first-order chi connectivity index (χ1) is 15.4. The van der Waals surface area contributed by atoms with Crippen LogP contribution < -0.4 is 10.1 Å². The van der Waals surface area contributed by atoms with Gasteiger partial charge in [-0.05, 0) is 47.0 Å². The van der Waals surface area contributed by atoms with Crippen molar-refractivity contribution in [1.82, 2.24) is 4.90 Å². The summed E-state index contributed by atoms with van der Waals surface area (Å²) < 4.78 is 32.1. The minimum atomic E-state index is -0.959. The number of imide groups is 1. The number of hydrogen-bond donors (Lipinski definition) is 1. The van der Waals surface area contributed by atoms with E-state index in [4.69, 9.17) is 4.74 Å². The Balaban J connectivity index is 1.55. The molecule has 0 bridgehead atoms. The third kappa shape index (κ3) is 4.19. The number of amides is 3. The Morgan fingerprint density at radius 2 is 1.84 bits per heavy atom. The molecule has 3 aromatic rings. The molecular weight excluding hydrogens is 438 g/mol. The topological polar surface area (TPSA) is 75.7 Å². The number of nitrogens with zero attached hydrogens (tertiary/aromatic N) is 1. The van der Waals surface area contributed by atoms with E-state index < -0.39 is 35.2 Å². The van der Waals surface area contributed by atoms with E-state index in [2.05, 4.69) is 5.32 Å². The van der Waals surface area contributed by atoms with Crippen molar-refractivity contribution in [2.75, 3.05) is 19.0 Å². The van der Waals surface area contributed by atoms with E-state index in [0.717, 1.165) is 27.8 Å². The highest BCUT2D eigenvalue weighted by Crippen LogP contribution is 2.35. The minimum absolute atomic E-state index is 0.158. The number of carbonyl (C=O) groups is 3. The van der Waals surface area contributed by atoms with Crippen LogP contribution in [-0.2, 0) is 9.59 Å². The van der Waals surface area contributed by atoms with Crippen LogP contribution in [0.5, 0.6) is 5.75 Å². The third-order valence-corrected chi connectivity index (χ3v) is 5.71. The summed E-state index contributed by atoms with van der Waals surface area (Å²) >= 11 is 0.712. The predicted octanol–water partition coefficient (Wildman–Crippen LogP) is 4.80. The summed E-state index contributed by atoms with van der Waals surface area (Å²) in [5.74, 6) is -2.49. The van der Waals surface area contributed by atoms with Crippen LogP contribution >= 0.6 is 11.8 Å². The second kappa shape index (κ2) is 8.80. The fourth-order valence-corrected chi connectivity index (χ4v) is 4.13. The standard InChI is InChI=1S/C23H16F2N2O4S/c1-31-19-9-6-13(15-4-2-3-5-16(15)19)10-20-22(29)27(23(30)32-20)12-21(28)26-18-8-7-14(24)11-17(18)25/h2-11H,12H2,1H3,(H,26,28). The number of anilines is 1. The maximum Gasteiger partial charge on any atom is 0.294 e. The molecule has 1 fully saturated rings. The Labute approximate surface area is 185 Å². The molecule has 3 amide bonds. The van der Waals surface area contributed by atoms with Crippen LogP contribution in [0, 0.1) is 11.6 Å². The van der Waals surface area contributed by atoms with E-state index in [1.54, 1.807) is 25.3 Å². The molecule has 1 N–H and O–H groups in total. The van der Waals surface area contributed by atoms with Crippen LogP contribution in [0.25, 0.3) is 16.8 Å². The Morgan fingerprint density at radius 3 is 2.56 bits per heavy atom. The number of thioether (sulfide) groups is 1. The van der Waals surface area contributed by atoms with Gasteiger partial charge in [-0.1, -0.05) is 30.3 Å². The first-order valence-corrected chi connectivity index (χ1v) is 10.2. The number of fused-ring (bicyclic) bond motifs is 1. The van der Waals surface area contributed by atoms with Gasteiger partial charge in [-0.25, -0.2) is 8.78 Å². The molecular formula is C23H16F2N2O4S. The summed E-state index contributed by atoms with van der Waals surface area (Å²) in [4.78, 5) is 38.3. The van der Waals surface area contributed by atoms with Crippen molar-refractivity contribution in [3.63, 3.8) is 0 Å². The van der Waals surface area contributed by atoms with Gasteiger partial charge in [0.25, 0.3) is 11.1 Å². The Bertz CT molecular complexity index is 1290. The van der Waals surface area contributed by atoms with Crippen molar-refractivity contribution in [2.24, 2.45) is 0 Å². The quantitative estimate of drug-likeness (QED) is 0.561. The molecule has 1 aliphatic heterocycles. The van der Waals surface area contributed by atoms with Crippen LogP contribution in [0.15, 0.2) is 59.5 Å². The number of rotatable bonds is 5. The second-order valence-electron chi connectivity index (χ2n) is 6.84. The molecule has 3 aromatic carbocycles. The van der Waals surface area contributed by atoms with E-state index in [1.165, 1.54) is 0 Å². The summed E-state index contributed by atoms with van der Waals surface area (Å²) in [6.45, 7) is -0.595. The molecule has 0 aromatic heterocycles. The van der Waals surface area contributed by atoms with Gasteiger partial charge in [0.2, 0.25) is 5.91 Å². The molecule has 162 valence electrons. The van der Waals surface area contributed by atoms with Crippen LogP contribution in [0.1, 0.15) is 5.56 Å². The fourth-order valence-electron chi connectivity index (χ4n) is 3.30. The maximum absolute atomic E-state index is 13.7. The Kier molecular flexibility index (Phi) is 5.91. The number of hydrogen-bond acceptors (Lipinski definition) is 5. The molecule has 1 aliphatic rings. The largest absolute Gasteiger partial charge is 0.496 e. The average molecular weight is 454 g/mol. The lowest BCUT2D eigenvalue weighted by atomic mass is 10.0. The first kappa shape index (κ1) is 21.5. The molecule has 4 rings (SSSR count). The number of ether oxygens (including phenoxy) is 1. The molecule has 0 atom stereocenters. The molecule has 1 saturated heterocycles. The second-order valence-corrected chi connectivity index (χ2v) is 7.84. The lowest BCUT2D eigenvalue weighted by Gasteiger charge is -2.13. The van der Waals surface area contributed by atoms with E-state index in [-0.39, 0.29) is 10.6 Å². The van der Waals surface area contributed by atoms with Gasteiger partial charge < -0.3 is 10.1 Å². The highest BCUT2D eigenvalue weighted by molar-refractivity contribution is 8.18. The van der Waals surface area contributed by atoms with Crippen molar-refractivity contribution in [1.29, 1.82) is 0 Å². The van der Waals surface area contributed by atoms with Gasteiger partial charge in [-0.2, -0.15) is 0 Å². The normalized spacial score (nSPS) is 15.0. The SMILES string of the molecule is COc1ccc(C=C2SC(=O)N(CC(=O)Nc3ccc(F)cc3F)C2=O)c2ccccc12. The van der Waals surface area contributed by atoms with Crippen molar-refractivity contribution in [3.05, 3.63) is 76.7 Å². The third-order valence-electron chi connectivity index (χ3n) is 4.80. The lowest BCUT2D eigenvalue weighted by molar-refractivity contribution is -0.127. The van der Waals surface area contributed by atoms with E-state index in [9.17, 15) is 23.2 Å². The molecule has 0 radical (unpaired) electrons. The molecule has 0 spiro atoms. The number of halogens is 2. The smallest absolute Gasteiger partial charge is 0.294 e. The summed E-state index contributed by atoms with van der Waals surface area (Å²) in [5, 5.41) is 3.31. The van der Waals surface area contributed by atoms with Crippen LogP contribution in [0.3, 0.4) is 0 Å². The predicted molar refractivity (Wildman–Crippen MR) is 118 cm³/mol. The summed E-state index contributed by atoms with van der Waals surface area (Å²) in [7, 11) is 1.57. The molecule has 0 aliphatic carbocycles. The molecule has 1 heterocycles. The average Bonchev–Trinajstić information content (AvgIpc) is 3.03. The van der Waals surface area contributed by atoms with E-state index in [0.29, 0.717) is 29.1 Å². The van der Waals surface area contributed by atoms with Gasteiger partial charge in [0, 0.05) is 11.5 Å². The van der Waals surface area contributed by atoms with Crippen molar-refractivity contribution in [2.45, 2.75) is 0 Å². The Hall–Kier alpha value is -3.72. The first-order valence-electron chi connectivity index (χ1n) is 9.43. The van der Waals surface area contributed by atoms with Crippen LogP contribution in [0.2, 0.25) is 0 Å². The molecule has 0 saturated carbocycles. The van der Waals surface area contributed by atoms with E-state index >= 15 is 0 Å². The molecule has 0 unspecified atom stereocenters. The highest BCUT2D eigenvalue weighted by Gasteiger charge is 2.36. The van der Waals surface area contributed by atoms with Gasteiger partial charge in [-0.3, -0.25) is 19.3 Å². The minimum Gasteiger partial charge on any atom is -0.496 e. The summed E-state index contributed by atoms with van der Waals surface area (Å²) in [5.41, 5.74) is 0.466. The van der Waals surface area contributed by atoms with Crippen molar-refractivity contribution in [3.8, 4) is 5.75 Å². The summed E-state index contributed by atoms with van der Waals surface area (Å²) in [6.07, 6.45) is 1.59. The zero-order valence-electron chi connectivity index (χ0n) is 16.7.